The second kappa shape index (κ2) is 7.17. The summed E-state index contributed by atoms with van der Waals surface area (Å²) in [5.74, 6) is -3.15. The second-order valence-corrected chi connectivity index (χ2v) is 5.14. The summed E-state index contributed by atoms with van der Waals surface area (Å²) >= 11 is 0. The summed E-state index contributed by atoms with van der Waals surface area (Å²) in [6.07, 6.45) is 5.09. The van der Waals surface area contributed by atoms with E-state index in [2.05, 4.69) is 6.92 Å². The van der Waals surface area contributed by atoms with Gasteiger partial charge in [0, 0.05) is 20.5 Å². The molecule has 1 aliphatic heterocycles. The van der Waals surface area contributed by atoms with Crippen LogP contribution >= 0.6 is 0 Å². The Hall–Kier alpha value is -1.72. The number of rotatable bonds is 7. The van der Waals surface area contributed by atoms with Crippen LogP contribution in [0.3, 0.4) is 0 Å². The van der Waals surface area contributed by atoms with Crippen LogP contribution in [0.2, 0.25) is 0 Å². The van der Waals surface area contributed by atoms with Crippen LogP contribution in [0.25, 0.3) is 0 Å². The number of carbonyl (C=O) groups is 4. The summed E-state index contributed by atoms with van der Waals surface area (Å²) in [7, 11) is 2.57. The molecule has 6 heteroatoms. The molecule has 1 aliphatic rings. The highest BCUT2D eigenvalue weighted by Crippen LogP contribution is 2.19. The van der Waals surface area contributed by atoms with Crippen LogP contribution in [0.1, 0.15) is 45.4 Å². The molecule has 0 N–H and O–H groups in total. The van der Waals surface area contributed by atoms with Crippen molar-refractivity contribution in [3.8, 4) is 0 Å². The van der Waals surface area contributed by atoms with Crippen LogP contribution < -0.4 is 0 Å². The summed E-state index contributed by atoms with van der Waals surface area (Å²) in [6, 6.07) is -0.688. The van der Waals surface area contributed by atoms with Gasteiger partial charge in [0.15, 0.2) is 11.7 Å². The molecular formula is C14H22N2O4. The molecule has 0 saturated carbocycles. The third-order valence-corrected chi connectivity index (χ3v) is 3.58. The number of hydrogen-bond donors (Lipinski definition) is 0. The van der Waals surface area contributed by atoms with E-state index in [1.807, 2.05) is 0 Å². The molecule has 0 spiro atoms. The summed E-state index contributed by atoms with van der Waals surface area (Å²) in [6.45, 7) is 2.10. The van der Waals surface area contributed by atoms with Crippen molar-refractivity contribution < 1.29 is 19.2 Å². The number of barbiturate groups is 1. The number of Topliss-reactive ketones (excluding diaryl/α,β-unsaturated/α-hetero) is 1. The van der Waals surface area contributed by atoms with Crippen molar-refractivity contribution in [1.29, 1.82) is 0 Å². The van der Waals surface area contributed by atoms with E-state index in [1.165, 1.54) is 14.1 Å². The number of urea groups is 1. The van der Waals surface area contributed by atoms with Crippen LogP contribution in [0, 0.1) is 5.92 Å². The van der Waals surface area contributed by atoms with E-state index >= 15 is 0 Å². The molecule has 0 radical (unpaired) electrons. The lowest BCUT2D eigenvalue weighted by molar-refractivity contribution is -0.151. The molecule has 0 atom stereocenters. The highest BCUT2D eigenvalue weighted by Gasteiger charge is 2.45. The quantitative estimate of drug-likeness (QED) is 0.525. The van der Waals surface area contributed by atoms with Gasteiger partial charge in [-0.15, -0.1) is 0 Å². The number of nitrogens with zero attached hydrogens (tertiary/aromatic N) is 2. The lowest BCUT2D eigenvalue weighted by atomic mass is 9.94. The molecule has 6 nitrogen and oxygen atoms in total. The van der Waals surface area contributed by atoms with Crippen molar-refractivity contribution >= 4 is 23.6 Å². The number of amides is 4. The number of imide groups is 2. The van der Waals surface area contributed by atoms with Gasteiger partial charge in [-0.3, -0.25) is 24.2 Å². The van der Waals surface area contributed by atoms with Crippen LogP contribution in [-0.2, 0) is 14.4 Å². The molecule has 4 amide bonds. The van der Waals surface area contributed by atoms with Crippen molar-refractivity contribution in [2.45, 2.75) is 45.4 Å². The highest BCUT2D eigenvalue weighted by molar-refractivity contribution is 6.26. The van der Waals surface area contributed by atoms with E-state index in [4.69, 9.17) is 0 Å². The topological polar surface area (TPSA) is 74.8 Å². The fourth-order valence-electron chi connectivity index (χ4n) is 2.23. The zero-order valence-corrected chi connectivity index (χ0v) is 12.3. The maximum absolute atomic E-state index is 12.0. The maximum atomic E-state index is 12.0. The lowest BCUT2D eigenvalue weighted by Gasteiger charge is -2.32. The standard InChI is InChI=1S/C14H22N2O4/c1-4-5-6-7-8-9-10(17)11-12(18)15(2)14(20)16(3)13(11)19/h11H,4-9H2,1-3H3. The Bertz CT molecular complexity index is 395. The Labute approximate surface area is 119 Å². The Morgan fingerprint density at radius 2 is 1.45 bits per heavy atom. The molecule has 0 aliphatic carbocycles. The van der Waals surface area contributed by atoms with Gasteiger partial charge >= 0.3 is 6.03 Å². The van der Waals surface area contributed by atoms with E-state index in [1.54, 1.807) is 0 Å². The smallest absolute Gasteiger partial charge is 0.298 e. The Kier molecular flexibility index (Phi) is 5.85. The minimum atomic E-state index is -1.34. The number of hydrogen-bond acceptors (Lipinski definition) is 4. The van der Waals surface area contributed by atoms with Gasteiger partial charge in [0.2, 0.25) is 0 Å². The Morgan fingerprint density at radius 1 is 0.950 bits per heavy atom. The van der Waals surface area contributed by atoms with Gasteiger partial charge in [0.25, 0.3) is 11.8 Å². The molecule has 1 saturated heterocycles. The zero-order valence-electron chi connectivity index (χ0n) is 12.3. The minimum absolute atomic E-state index is 0.210. The van der Waals surface area contributed by atoms with Gasteiger partial charge in [0.1, 0.15) is 0 Å². The first-order chi connectivity index (χ1) is 9.41. The average Bonchev–Trinajstić information content (AvgIpc) is 2.43. The van der Waals surface area contributed by atoms with Gasteiger partial charge in [-0.05, 0) is 6.42 Å². The minimum Gasteiger partial charge on any atom is -0.298 e. The molecule has 112 valence electrons. The summed E-state index contributed by atoms with van der Waals surface area (Å²) in [5.41, 5.74) is 0. The van der Waals surface area contributed by atoms with Crippen LogP contribution in [0.15, 0.2) is 0 Å². The number of unbranched alkanes of at least 4 members (excludes halogenated alkanes) is 4. The van der Waals surface area contributed by atoms with Gasteiger partial charge in [-0.1, -0.05) is 32.6 Å². The number of ketones is 1. The van der Waals surface area contributed by atoms with Gasteiger partial charge in [-0.2, -0.15) is 0 Å². The normalized spacial score (nSPS) is 17.1. The molecule has 0 aromatic carbocycles. The Morgan fingerprint density at radius 3 is 1.95 bits per heavy atom. The van der Waals surface area contributed by atoms with Crippen molar-refractivity contribution in [3.63, 3.8) is 0 Å². The Balaban J connectivity index is 2.59. The van der Waals surface area contributed by atoms with Crippen molar-refractivity contribution in [2.24, 2.45) is 5.92 Å². The molecule has 1 fully saturated rings. The van der Waals surface area contributed by atoms with Crippen molar-refractivity contribution in [2.75, 3.05) is 14.1 Å². The first-order valence-electron chi connectivity index (χ1n) is 7.03. The molecule has 1 rings (SSSR count). The third kappa shape index (κ3) is 3.43. The first-order valence-corrected chi connectivity index (χ1v) is 7.03. The lowest BCUT2D eigenvalue weighted by Crippen LogP contribution is -2.58. The van der Waals surface area contributed by atoms with Gasteiger partial charge in [-0.25, -0.2) is 4.79 Å². The van der Waals surface area contributed by atoms with E-state index in [0.717, 1.165) is 35.5 Å². The predicted octanol–water partition coefficient (Wildman–Crippen LogP) is 1.58. The second-order valence-electron chi connectivity index (χ2n) is 5.14. The molecule has 0 bridgehead atoms. The fraction of sp³-hybridized carbons (Fsp3) is 0.714. The fourth-order valence-corrected chi connectivity index (χ4v) is 2.23. The van der Waals surface area contributed by atoms with E-state index in [-0.39, 0.29) is 12.2 Å². The average molecular weight is 282 g/mol. The summed E-state index contributed by atoms with van der Waals surface area (Å²) in [4.78, 5) is 49.1. The van der Waals surface area contributed by atoms with Crippen LogP contribution in [0.5, 0.6) is 0 Å². The number of carbonyl (C=O) groups excluding carboxylic acids is 4. The van der Waals surface area contributed by atoms with E-state index in [0.29, 0.717) is 6.42 Å². The predicted molar refractivity (Wildman–Crippen MR) is 72.8 cm³/mol. The third-order valence-electron chi connectivity index (χ3n) is 3.58. The van der Waals surface area contributed by atoms with Gasteiger partial charge < -0.3 is 0 Å². The van der Waals surface area contributed by atoms with Crippen molar-refractivity contribution in [3.05, 3.63) is 0 Å². The monoisotopic (exact) mass is 282 g/mol. The molecular weight excluding hydrogens is 260 g/mol. The van der Waals surface area contributed by atoms with Crippen LogP contribution in [-0.4, -0.2) is 47.5 Å². The van der Waals surface area contributed by atoms with Crippen LogP contribution in [0.4, 0.5) is 4.79 Å². The molecule has 1 heterocycles. The zero-order chi connectivity index (χ0) is 15.3. The van der Waals surface area contributed by atoms with E-state index in [9.17, 15) is 19.2 Å². The largest absolute Gasteiger partial charge is 0.332 e. The summed E-state index contributed by atoms with van der Waals surface area (Å²) < 4.78 is 0. The molecule has 0 aromatic heterocycles. The first kappa shape index (κ1) is 16.3. The van der Waals surface area contributed by atoms with E-state index < -0.39 is 23.8 Å². The highest BCUT2D eigenvalue weighted by atomic mass is 16.2. The molecule has 20 heavy (non-hydrogen) atoms. The SMILES string of the molecule is CCCCCCCC(=O)C1C(=O)N(C)C(=O)N(C)C1=O. The summed E-state index contributed by atoms with van der Waals surface area (Å²) in [5, 5.41) is 0. The maximum Gasteiger partial charge on any atom is 0.332 e. The molecule has 0 aromatic rings. The molecule has 0 unspecified atom stereocenters. The van der Waals surface area contributed by atoms with Crippen molar-refractivity contribution in [1.82, 2.24) is 9.80 Å². The van der Waals surface area contributed by atoms with Gasteiger partial charge in [0.05, 0.1) is 0 Å².